The number of hydrogen-bond donors (Lipinski definition) is 0. The Kier molecular flexibility index (Phi) is 14.5. The Balaban J connectivity index is 2.79. The van der Waals surface area contributed by atoms with Gasteiger partial charge in [0.15, 0.2) is 8.32 Å². The molecule has 0 N–H and O–H groups in total. The lowest BCUT2D eigenvalue weighted by molar-refractivity contribution is 0.0163. The maximum Gasteiger partial charge on any atom is 0.185 e. The molecule has 0 bridgehead atoms. The first kappa shape index (κ1) is 35.4. The molecule has 0 spiro atoms. The third-order valence-corrected chi connectivity index (χ3v) is 8.72. The van der Waals surface area contributed by atoms with Crippen LogP contribution in [-0.2, 0) is 31.5 Å². The Labute approximate surface area is 242 Å². The Bertz CT molecular complexity index is 978. The van der Waals surface area contributed by atoms with Crippen molar-refractivity contribution in [1.29, 1.82) is 0 Å². The van der Waals surface area contributed by atoms with Crippen LogP contribution in [0.5, 0.6) is 5.75 Å². The van der Waals surface area contributed by atoms with Gasteiger partial charge < -0.3 is 18.6 Å². The largest absolute Gasteiger partial charge is 0.497 e. The molecule has 0 aliphatic heterocycles. The van der Waals surface area contributed by atoms with Gasteiger partial charge in [-0.2, -0.15) is 4.40 Å². The molecule has 0 saturated heterocycles. The second-order valence-corrected chi connectivity index (χ2v) is 18.7. The van der Waals surface area contributed by atoms with Crippen LogP contribution < -0.4 is 4.74 Å². The van der Waals surface area contributed by atoms with E-state index in [4.69, 9.17) is 18.6 Å². The van der Waals surface area contributed by atoms with Crippen molar-refractivity contribution in [3.63, 3.8) is 0 Å². The number of methoxy groups -OCH3 is 2. The molecular weight excluding hydrogens is 526 g/mol. The minimum atomic E-state index is -1.91. The van der Waals surface area contributed by atoms with Gasteiger partial charge in [0.2, 0.25) is 0 Å². The number of nitrogens with zero attached hydrogens (tertiary/aromatic N) is 1. The van der Waals surface area contributed by atoms with E-state index >= 15 is 0 Å². The van der Waals surface area contributed by atoms with E-state index in [1.807, 2.05) is 64.1 Å². The van der Waals surface area contributed by atoms with Crippen LogP contribution in [0.25, 0.3) is 0 Å². The van der Waals surface area contributed by atoms with Crippen LogP contribution in [0.4, 0.5) is 0 Å². The van der Waals surface area contributed by atoms with Crippen molar-refractivity contribution in [2.75, 3.05) is 14.2 Å². The summed E-state index contributed by atoms with van der Waals surface area (Å²) < 4.78 is 40.0. The average Bonchev–Trinajstić information content (AvgIpc) is 2.84. The summed E-state index contributed by atoms with van der Waals surface area (Å²) in [6.07, 6.45) is 9.84. The van der Waals surface area contributed by atoms with Crippen molar-refractivity contribution >= 4 is 25.5 Å². The van der Waals surface area contributed by atoms with E-state index in [0.717, 1.165) is 29.7 Å². The van der Waals surface area contributed by atoms with E-state index in [-0.39, 0.29) is 12.2 Å². The Hall–Kier alpha value is -1.58. The minimum Gasteiger partial charge on any atom is -0.497 e. The van der Waals surface area contributed by atoms with Gasteiger partial charge >= 0.3 is 0 Å². The van der Waals surface area contributed by atoms with Gasteiger partial charge in [-0.25, -0.2) is 4.21 Å². The van der Waals surface area contributed by atoms with E-state index in [1.54, 1.807) is 20.4 Å². The average molecular weight is 580 g/mol. The number of hydrogen-bond acceptors (Lipinski definition) is 5. The second-order valence-electron chi connectivity index (χ2n) is 12.4. The highest BCUT2D eigenvalue weighted by atomic mass is 32.2. The molecule has 0 heterocycles. The van der Waals surface area contributed by atoms with Crippen molar-refractivity contribution < 1.29 is 22.8 Å². The zero-order valence-electron chi connectivity index (χ0n) is 26.4. The smallest absolute Gasteiger partial charge is 0.185 e. The first-order valence-corrected chi connectivity index (χ1v) is 18.3. The van der Waals surface area contributed by atoms with Crippen molar-refractivity contribution in [3.8, 4) is 5.75 Å². The zero-order valence-corrected chi connectivity index (χ0v) is 28.2. The van der Waals surface area contributed by atoms with Crippen LogP contribution in [0.1, 0.15) is 66.9 Å². The summed E-state index contributed by atoms with van der Waals surface area (Å²) in [6.45, 7) is 21.2. The van der Waals surface area contributed by atoms with E-state index in [0.29, 0.717) is 12.5 Å². The van der Waals surface area contributed by atoms with E-state index in [9.17, 15) is 4.21 Å². The molecule has 0 aliphatic carbocycles. The lowest BCUT2D eigenvalue weighted by Gasteiger charge is -2.31. The molecule has 1 unspecified atom stereocenters. The molecule has 1 aromatic carbocycles. The molecule has 0 amide bonds. The maximum atomic E-state index is 12.5. The molecule has 0 aliphatic rings. The van der Waals surface area contributed by atoms with Crippen molar-refractivity contribution in [1.82, 2.24) is 0 Å². The molecule has 0 fully saturated rings. The summed E-state index contributed by atoms with van der Waals surface area (Å²) in [4.78, 5) is 0. The van der Waals surface area contributed by atoms with Gasteiger partial charge in [-0.15, -0.1) is 0 Å². The zero-order chi connectivity index (χ0) is 29.9. The van der Waals surface area contributed by atoms with Crippen molar-refractivity contribution in [3.05, 3.63) is 53.6 Å². The minimum absolute atomic E-state index is 0.149. The fourth-order valence-electron chi connectivity index (χ4n) is 3.81. The molecule has 0 saturated carbocycles. The summed E-state index contributed by atoms with van der Waals surface area (Å²) in [7, 11) is 0.120. The van der Waals surface area contributed by atoms with Gasteiger partial charge in [0, 0.05) is 13.3 Å². The summed E-state index contributed by atoms with van der Waals surface area (Å²) in [6, 6.07) is 7.99. The van der Waals surface area contributed by atoms with Crippen molar-refractivity contribution in [2.24, 2.45) is 10.3 Å². The number of rotatable bonds is 16. The van der Waals surface area contributed by atoms with E-state index in [1.165, 1.54) is 0 Å². The third-order valence-electron chi connectivity index (χ3n) is 6.32. The monoisotopic (exact) mass is 579 g/mol. The van der Waals surface area contributed by atoms with Gasteiger partial charge in [-0.3, -0.25) is 0 Å². The normalized spacial score (nSPS) is 18.2. The molecule has 5 atom stereocenters. The van der Waals surface area contributed by atoms with Gasteiger partial charge in [0.25, 0.3) is 0 Å². The molecule has 6 nitrogen and oxygen atoms in total. The fourth-order valence-corrected chi connectivity index (χ4v) is 5.87. The fraction of sp³-hybridized carbons (Fsp3) is 0.645. The van der Waals surface area contributed by atoms with Gasteiger partial charge in [0.1, 0.15) is 22.3 Å². The first-order chi connectivity index (χ1) is 18.0. The summed E-state index contributed by atoms with van der Waals surface area (Å²) >= 11 is 0. The molecule has 0 aromatic heterocycles. The predicted octanol–water partition coefficient (Wildman–Crippen LogP) is 7.68. The SMILES string of the molecule is COc1ccc(CO[C@H](C)[C@@H](C)CC/C=C(\C)[C@H](/C=C/[C@](C)(/C=N/S(=O)C(C)(C)C)O[Si](C)(C)C)OC)cc1. The second kappa shape index (κ2) is 16.0. The predicted molar refractivity (Wildman–Crippen MR) is 169 cm³/mol. The maximum absolute atomic E-state index is 12.5. The lowest BCUT2D eigenvalue weighted by atomic mass is 9.98. The summed E-state index contributed by atoms with van der Waals surface area (Å²) in [5.41, 5.74) is 1.51. The third kappa shape index (κ3) is 14.0. The van der Waals surface area contributed by atoms with Crippen LogP contribution in [0.15, 0.2) is 52.5 Å². The first-order valence-electron chi connectivity index (χ1n) is 13.8. The molecule has 0 radical (unpaired) electrons. The van der Waals surface area contributed by atoms with E-state index in [2.05, 4.69) is 50.9 Å². The van der Waals surface area contributed by atoms with Gasteiger partial charge in [-0.1, -0.05) is 31.2 Å². The molecule has 222 valence electrons. The Morgan fingerprint density at radius 2 is 1.69 bits per heavy atom. The highest BCUT2D eigenvalue weighted by Crippen LogP contribution is 2.22. The molecule has 1 rings (SSSR count). The van der Waals surface area contributed by atoms with Crippen LogP contribution in [-0.4, -0.2) is 55.5 Å². The number of allylic oxidation sites excluding steroid dienone is 1. The highest BCUT2D eigenvalue weighted by molar-refractivity contribution is 7.85. The van der Waals surface area contributed by atoms with Gasteiger partial charge in [-0.05, 0) is 109 Å². The molecule has 8 heteroatoms. The summed E-state index contributed by atoms with van der Waals surface area (Å²) in [5.74, 6) is 1.27. The summed E-state index contributed by atoms with van der Waals surface area (Å²) in [5, 5.41) is 0. The standard InChI is InChI=1S/C31H53NO5SSi/c1-24(26(3)36-22-27-16-18-28(34-8)19-17-27)14-13-15-25(2)29(35-9)20-21-31(7,37-39(10,11)12)23-32-38(33)30(4,5)6/h15-21,23-24,26,29H,13-14,22H2,1-12H3/b21-20+,25-15+,32-23+/t24-,26+,29-,31+,38?/m0/s1. The highest BCUT2D eigenvalue weighted by Gasteiger charge is 2.29. The van der Waals surface area contributed by atoms with Gasteiger partial charge in [0.05, 0.1) is 30.7 Å². The van der Waals surface area contributed by atoms with Crippen LogP contribution >= 0.6 is 0 Å². The Morgan fingerprint density at radius 3 is 2.21 bits per heavy atom. The molecular formula is C31H53NO5SSi. The molecule has 39 heavy (non-hydrogen) atoms. The van der Waals surface area contributed by atoms with Crippen LogP contribution in [0.2, 0.25) is 19.6 Å². The number of ether oxygens (including phenoxy) is 3. The molecule has 1 aromatic rings. The quantitative estimate of drug-likeness (QED) is 0.114. The number of benzene rings is 1. The van der Waals surface area contributed by atoms with Crippen LogP contribution in [0.3, 0.4) is 0 Å². The topological polar surface area (TPSA) is 66.4 Å². The van der Waals surface area contributed by atoms with Crippen LogP contribution in [0, 0.1) is 5.92 Å². The Morgan fingerprint density at radius 1 is 1.08 bits per heavy atom. The lowest BCUT2D eigenvalue weighted by Crippen LogP contribution is -2.41. The van der Waals surface area contributed by atoms with E-state index < -0.39 is 29.7 Å². The van der Waals surface area contributed by atoms with Crippen molar-refractivity contribution in [2.45, 2.75) is 110 Å².